The van der Waals surface area contributed by atoms with Crippen LogP contribution in [0.5, 0.6) is 5.75 Å². The van der Waals surface area contributed by atoms with Gasteiger partial charge in [-0.3, -0.25) is 0 Å². The molecule has 102 valence electrons. The molecule has 0 saturated carbocycles. The first kappa shape index (κ1) is 13.2. The van der Waals surface area contributed by atoms with Crippen LogP contribution in [0, 0.1) is 0 Å². The average molecular weight is 286 g/mol. The Kier molecular flexibility index (Phi) is 3.77. The van der Waals surface area contributed by atoms with Crippen LogP contribution in [-0.2, 0) is 6.54 Å². The van der Waals surface area contributed by atoms with E-state index >= 15 is 0 Å². The third-order valence-electron chi connectivity index (χ3n) is 3.42. The molecule has 1 aliphatic rings. The van der Waals surface area contributed by atoms with Crippen molar-refractivity contribution >= 4 is 17.2 Å². The van der Waals surface area contributed by atoms with E-state index in [9.17, 15) is 0 Å². The number of rotatable bonds is 5. The normalized spacial score (nSPS) is 16.7. The molecule has 20 heavy (non-hydrogen) atoms. The minimum absolute atomic E-state index is 0.373. The van der Waals surface area contributed by atoms with Crippen LogP contribution >= 0.6 is 11.6 Å². The number of benzene rings is 2. The quantitative estimate of drug-likeness (QED) is 0.899. The van der Waals surface area contributed by atoms with E-state index in [0.29, 0.717) is 16.8 Å². The van der Waals surface area contributed by atoms with Crippen molar-refractivity contribution in [2.45, 2.75) is 12.6 Å². The van der Waals surface area contributed by atoms with Crippen LogP contribution in [0.4, 0.5) is 0 Å². The summed E-state index contributed by atoms with van der Waals surface area (Å²) < 4.78 is 5.15. The van der Waals surface area contributed by atoms with Crippen molar-refractivity contribution in [3.63, 3.8) is 0 Å². The number of hydrogen-bond acceptors (Lipinski definition) is 2. The molecule has 0 saturated heterocycles. The molecule has 2 aromatic carbocycles. The molecule has 2 nitrogen and oxygen atoms in total. The van der Waals surface area contributed by atoms with Crippen molar-refractivity contribution < 1.29 is 4.74 Å². The lowest BCUT2D eigenvalue weighted by molar-refractivity contribution is 0.415. The second kappa shape index (κ2) is 5.70. The van der Waals surface area contributed by atoms with Gasteiger partial charge in [0, 0.05) is 6.54 Å². The Bertz CT molecular complexity index is 637. The van der Waals surface area contributed by atoms with E-state index in [4.69, 9.17) is 16.3 Å². The highest BCUT2D eigenvalue weighted by molar-refractivity contribution is 6.32. The first-order valence-electron chi connectivity index (χ1n) is 6.61. The molecule has 0 aromatic heterocycles. The number of nitrogens with one attached hydrogen (secondary N) is 1. The summed E-state index contributed by atoms with van der Waals surface area (Å²) in [5.41, 5.74) is 3.81. The fraction of sp³-hybridized carbons (Fsp3) is 0.176. The highest BCUT2D eigenvalue weighted by Gasteiger charge is 2.24. The van der Waals surface area contributed by atoms with E-state index in [1.165, 1.54) is 11.1 Å². The molecule has 0 radical (unpaired) electrons. The van der Waals surface area contributed by atoms with E-state index in [-0.39, 0.29) is 0 Å². The summed E-state index contributed by atoms with van der Waals surface area (Å²) in [6.45, 7) is 0.793. The highest BCUT2D eigenvalue weighted by Crippen LogP contribution is 2.32. The Labute approximate surface area is 124 Å². The fourth-order valence-corrected chi connectivity index (χ4v) is 2.53. The number of halogens is 1. The van der Waals surface area contributed by atoms with Gasteiger partial charge >= 0.3 is 0 Å². The third kappa shape index (κ3) is 2.87. The zero-order valence-corrected chi connectivity index (χ0v) is 12.0. The van der Waals surface area contributed by atoms with Gasteiger partial charge in [0.15, 0.2) is 0 Å². The Balaban J connectivity index is 1.56. The molecular formula is C17H16ClNO. The zero-order valence-electron chi connectivity index (χ0n) is 11.3. The molecule has 1 aliphatic carbocycles. The lowest BCUT2D eigenvalue weighted by atomic mass is 10.1. The predicted molar refractivity (Wildman–Crippen MR) is 83.1 cm³/mol. The summed E-state index contributed by atoms with van der Waals surface area (Å²) in [5.74, 6) is 0.713. The first-order chi connectivity index (χ1) is 9.78. The lowest BCUT2D eigenvalue weighted by Crippen LogP contribution is -2.18. The number of methoxy groups -OCH3 is 1. The van der Waals surface area contributed by atoms with Gasteiger partial charge < -0.3 is 10.1 Å². The van der Waals surface area contributed by atoms with Crippen molar-refractivity contribution in [3.8, 4) is 5.75 Å². The van der Waals surface area contributed by atoms with Crippen LogP contribution in [0.15, 0.2) is 54.6 Å². The summed E-state index contributed by atoms with van der Waals surface area (Å²) in [5, 5.41) is 4.15. The minimum Gasteiger partial charge on any atom is -0.495 e. The summed E-state index contributed by atoms with van der Waals surface area (Å²) in [6, 6.07) is 16.7. The molecule has 1 unspecified atom stereocenters. The minimum atomic E-state index is 0.373. The average Bonchev–Trinajstić information content (AvgIpc) is 3.26. The van der Waals surface area contributed by atoms with Crippen LogP contribution in [-0.4, -0.2) is 13.2 Å². The van der Waals surface area contributed by atoms with E-state index in [1.54, 1.807) is 7.11 Å². The van der Waals surface area contributed by atoms with Gasteiger partial charge in [0.2, 0.25) is 0 Å². The van der Waals surface area contributed by atoms with Gasteiger partial charge in [-0.05, 0) is 28.8 Å². The predicted octanol–water partition coefficient (Wildman–Crippen LogP) is 3.90. The monoisotopic (exact) mass is 285 g/mol. The maximum Gasteiger partial charge on any atom is 0.137 e. The second-order valence-corrected chi connectivity index (χ2v) is 5.22. The van der Waals surface area contributed by atoms with Crippen molar-refractivity contribution in [1.29, 1.82) is 0 Å². The first-order valence-corrected chi connectivity index (χ1v) is 6.98. The van der Waals surface area contributed by atoms with Crippen molar-refractivity contribution in [2.75, 3.05) is 7.11 Å². The van der Waals surface area contributed by atoms with Crippen LogP contribution in [0.3, 0.4) is 0 Å². The molecule has 0 spiro atoms. The van der Waals surface area contributed by atoms with E-state index in [2.05, 4.69) is 35.7 Å². The van der Waals surface area contributed by atoms with Crippen molar-refractivity contribution in [3.05, 3.63) is 70.8 Å². The van der Waals surface area contributed by atoms with Crippen LogP contribution in [0.25, 0.3) is 5.57 Å². The van der Waals surface area contributed by atoms with E-state index in [0.717, 1.165) is 12.1 Å². The van der Waals surface area contributed by atoms with Crippen molar-refractivity contribution in [1.82, 2.24) is 5.32 Å². The Hall–Kier alpha value is -1.77. The van der Waals surface area contributed by atoms with Gasteiger partial charge in [-0.15, -0.1) is 0 Å². The Morgan fingerprint density at radius 1 is 1.15 bits per heavy atom. The third-order valence-corrected chi connectivity index (χ3v) is 3.72. The van der Waals surface area contributed by atoms with Gasteiger partial charge in [-0.1, -0.05) is 54.1 Å². The van der Waals surface area contributed by atoms with Crippen LogP contribution in [0.1, 0.15) is 11.1 Å². The fourth-order valence-electron chi connectivity index (χ4n) is 2.25. The molecule has 1 atom stereocenters. The maximum absolute atomic E-state index is 6.12. The summed E-state index contributed by atoms with van der Waals surface area (Å²) in [6.07, 6.45) is 2.24. The SMILES string of the molecule is COc1ccc(CNC2C=C2c2ccccc2)cc1Cl. The molecular weight excluding hydrogens is 270 g/mol. The molecule has 0 bridgehead atoms. The number of ether oxygens (including phenoxy) is 1. The van der Waals surface area contributed by atoms with Gasteiger partial charge in [0.05, 0.1) is 18.2 Å². The van der Waals surface area contributed by atoms with Crippen LogP contribution < -0.4 is 10.1 Å². The Morgan fingerprint density at radius 3 is 2.65 bits per heavy atom. The van der Waals surface area contributed by atoms with Gasteiger partial charge in [-0.2, -0.15) is 0 Å². The topological polar surface area (TPSA) is 21.3 Å². The van der Waals surface area contributed by atoms with Crippen LogP contribution in [0.2, 0.25) is 5.02 Å². The zero-order chi connectivity index (χ0) is 13.9. The van der Waals surface area contributed by atoms with Crippen molar-refractivity contribution in [2.24, 2.45) is 0 Å². The molecule has 0 heterocycles. The van der Waals surface area contributed by atoms with Gasteiger partial charge in [0.25, 0.3) is 0 Å². The van der Waals surface area contributed by atoms with Gasteiger partial charge in [-0.25, -0.2) is 0 Å². The molecule has 3 heteroatoms. The van der Waals surface area contributed by atoms with Gasteiger partial charge in [0.1, 0.15) is 5.75 Å². The number of hydrogen-bond donors (Lipinski definition) is 1. The summed E-state index contributed by atoms with van der Waals surface area (Å²) >= 11 is 6.12. The Morgan fingerprint density at radius 2 is 1.95 bits per heavy atom. The molecule has 2 aromatic rings. The molecule has 3 rings (SSSR count). The second-order valence-electron chi connectivity index (χ2n) is 4.82. The molecule has 0 aliphatic heterocycles. The summed E-state index contributed by atoms with van der Waals surface area (Å²) in [7, 11) is 1.62. The highest BCUT2D eigenvalue weighted by atomic mass is 35.5. The largest absolute Gasteiger partial charge is 0.495 e. The standard InChI is InChI=1S/C17H16ClNO/c1-20-17-8-7-12(9-15(17)18)11-19-16-10-14(16)13-5-3-2-4-6-13/h2-10,16,19H,11H2,1H3. The lowest BCUT2D eigenvalue weighted by Gasteiger charge is -2.08. The van der Waals surface area contributed by atoms with E-state index in [1.807, 2.05) is 24.3 Å². The van der Waals surface area contributed by atoms with E-state index < -0.39 is 0 Å². The molecule has 0 amide bonds. The smallest absolute Gasteiger partial charge is 0.137 e. The molecule has 1 N–H and O–H groups in total. The maximum atomic E-state index is 6.12. The molecule has 0 fully saturated rings. The summed E-state index contributed by atoms with van der Waals surface area (Å²) in [4.78, 5) is 0.